The Morgan fingerprint density at radius 3 is 2.72 bits per heavy atom. The van der Waals surface area contributed by atoms with Crippen LogP contribution in [0.25, 0.3) is 10.2 Å². The molecule has 7 nitrogen and oxygen atoms in total. The maximum atomic E-state index is 6.37. The Morgan fingerprint density at radius 1 is 1.14 bits per heavy atom. The first-order valence-electron chi connectivity index (χ1n) is 10.5. The molecule has 1 aliphatic heterocycles. The highest BCUT2D eigenvalue weighted by Crippen LogP contribution is 2.39. The van der Waals surface area contributed by atoms with E-state index in [1.807, 2.05) is 17.4 Å². The van der Waals surface area contributed by atoms with Crippen LogP contribution in [-0.4, -0.2) is 57.6 Å². The number of nitrogen functional groups attached to an aromatic ring is 1. The van der Waals surface area contributed by atoms with Crippen molar-refractivity contribution in [3.8, 4) is 0 Å². The van der Waals surface area contributed by atoms with Crippen molar-refractivity contribution in [2.45, 2.75) is 32.6 Å². The molecular formula is C21H27N7S. The minimum Gasteiger partial charge on any atom is -0.383 e. The molecule has 0 saturated carbocycles. The molecule has 4 heterocycles. The van der Waals surface area contributed by atoms with E-state index in [-0.39, 0.29) is 0 Å². The predicted octanol–water partition coefficient (Wildman–Crippen LogP) is 2.55. The first kappa shape index (κ1) is 18.7. The number of nitrogens with zero attached hydrogens (tertiary/aromatic N) is 6. The normalized spacial score (nSPS) is 20.2. The molecule has 1 unspecified atom stereocenters. The Morgan fingerprint density at radius 2 is 1.93 bits per heavy atom. The van der Waals surface area contributed by atoms with Gasteiger partial charge in [0, 0.05) is 56.4 Å². The van der Waals surface area contributed by atoms with Crippen molar-refractivity contribution in [1.82, 2.24) is 24.8 Å². The fraction of sp³-hybridized carbons (Fsp3) is 0.524. The molecule has 3 aromatic heterocycles. The number of piperazine rings is 1. The van der Waals surface area contributed by atoms with E-state index >= 15 is 0 Å². The fourth-order valence-electron chi connectivity index (χ4n) is 4.41. The molecule has 1 aliphatic carbocycles. The number of thiophene rings is 1. The standard InChI is InChI=1S/C21H27N7S/c1-14-3-4-15-16(13-14)29-20-18(15)19(22)25-17(26-20)5-8-27-9-11-28(12-10-27)21-23-6-2-7-24-21/h2,6-7,14H,3-5,8-13H2,1H3,(H2,22,25,26). The molecular weight excluding hydrogens is 382 g/mol. The highest BCUT2D eigenvalue weighted by Gasteiger charge is 2.24. The Bertz CT molecular complexity index is 995. The summed E-state index contributed by atoms with van der Waals surface area (Å²) in [4.78, 5) is 25.5. The molecule has 0 radical (unpaired) electrons. The first-order chi connectivity index (χ1) is 14.2. The van der Waals surface area contributed by atoms with E-state index < -0.39 is 0 Å². The molecule has 0 amide bonds. The van der Waals surface area contributed by atoms with Crippen LogP contribution in [0, 0.1) is 5.92 Å². The number of hydrogen-bond donors (Lipinski definition) is 1. The fourth-order valence-corrected chi connectivity index (χ4v) is 5.82. The van der Waals surface area contributed by atoms with Crippen molar-refractivity contribution in [3.05, 3.63) is 34.7 Å². The third-order valence-electron chi connectivity index (χ3n) is 6.09. The van der Waals surface area contributed by atoms with E-state index in [0.717, 1.165) is 79.9 Å². The van der Waals surface area contributed by atoms with Crippen molar-refractivity contribution < 1.29 is 0 Å². The van der Waals surface area contributed by atoms with Crippen molar-refractivity contribution in [2.24, 2.45) is 5.92 Å². The molecule has 152 valence electrons. The lowest BCUT2D eigenvalue weighted by Gasteiger charge is -2.34. The van der Waals surface area contributed by atoms with Crippen molar-refractivity contribution >= 4 is 33.3 Å². The van der Waals surface area contributed by atoms with Crippen LogP contribution in [0.2, 0.25) is 0 Å². The smallest absolute Gasteiger partial charge is 0.225 e. The van der Waals surface area contributed by atoms with Crippen LogP contribution in [0.15, 0.2) is 18.5 Å². The summed E-state index contributed by atoms with van der Waals surface area (Å²) in [5.74, 6) is 3.12. The number of hydrogen-bond acceptors (Lipinski definition) is 8. The van der Waals surface area contributed by atoms with Crippen LogP contribution >= 0.6 is 11.3 Å². The number of aryl methyl sites for hydroxylation is 1. The van der Waals surface area contributed by atoms with E-state index in [0.29, 0.717) is 5.82 Å². The van der Waals surface area contributed by atoms with Crippen LogP contribution in [0.5, 0.6) is 0 Å². The van der Waals surface area contributed by atoms with Gasteiger partial charge >= 0.3 is 0 Å². The van der Waals surface area contributed by atoms with Gasteiger partial charge in [0.2, 0.25) is 5.95 Å². The number of nitrogens with two attached hydrogens (primary N) is 1. The summed E-state index contributed by atoms with van der Waals surface area (Å²) in [6.07, 6.45) is 7.94. The van der Waals surface area contributed by atoms with Crippen molar-refractivity contribution in [3.63, 3.8) is 0 Å². The summed E-state index contributed by atoms with van der Waals surface area (Å²) >= 11 is 1.83. The SMILES string of the molecule is CC1CCc2c(sc3nc(CCN4CCN(c5ncccn5)CC4)nc(N)c23)C1. The van der Waals surface area contributed by atoms with Gasteiger partial charge in [0.15, 0.2) is 0 Å². The zero-order valence-corrected chi connectivity index (χ0v) is 17.7. The molecule has 1 saturated heterocycles. The van der Waals surface area contributed by atoms with E-state index in [1.54, 1.807) is 12.4 Å². The van der Waals surface area contributed by atoms with E-state index in [2.05, 4.69) is 31.7 Å². The molecule has 0 aromatic carbocycles. The average Bonchev–Trinajstić information content (AvgIpc) is 3.11. The third-order valence-corrected chi connectivity index (χ3v) is 7.24. The van der Waals surface area contributed by atoms with Gasteiger partial charge in [0.1, 0.15) is 16.5 Å². The first-order valence-corrected chi connectivity index (χ1v) is 11.3. The Balaban J connectivity index is 1.24. The molecule has 29 heavy (non-hydrogen) atoms. The van der Waals surface area contributed by atoms with Crippen LogP contribution in [0.4, 0.5) is 11.8 Å². The lowest BCUT2D eigenvalue weighted by Crippen LogP contribution is -2.47. The maximum Gasteiger partial charge on any atom is 0.225 e. The van der Waals surface area contributed by atoms with Gasteiger partial charge in [-0.25, -0.2) is 19.9 Å². The molecule has 0 spiro atoms. The maximum absolute atomic E-state index is 6.37. The second kappa shape index (κ2) is 7.84. The van der Waals surface area contributed by atoms with E-state index in [4.69, 9.17) is 10.7 Å². The monoisotopic (exact) mass is 409 g/mol. The van der Waals surface area contributed by atoms with Gasteiger partial charge < -0.3 is 10.6 Å². The molecule has 2 aliphatic rings. The Kier molecular flexibility index (Phi) is 5.05. The van der Waals surface area contributed by atoms with E-state index in [9.17, 15) is 0 Å². The lowest BCUT2D eigenvalue weighted by atomic mass is 9.89. The summed E-state index contributed by atoms with van der Waals surface area (Å²) in [6.45, 7) is 7.18. The summed E-state index contributed by atoms with van der Waals surface area (Å²) in [5, 5.41) is 1.12. The minimum atomic E-state index is 0.670. The van der Waals surface area contributed by atoms with Crippen molar-refractivity contribution in [2.75, 3.05) is 43.4 Å². The Labute approximate surface area is 175 Å². The summed E-state index contributed by atoms with van der Waals surface area (Å²) in [6, 6.07) is 1.85. The number of anilines is 2. The third kappa shape index (κ3) is 3.79. The van der Waals surface area contributed by atoms with Gasteiger partial charge in [-0.1, -0.05) is 6.92 Å². The lowest BCUT2D eigenvalue weighted by molar-refractivity contribution is 0.258. The van der Waals surface area contributed by atoms with E-state index in [1.165, 1.54) is 16.9 Å². The second-order valence-corrected chi connectivity index (χ2v) is 9.27. The summed E-state index contributed by atoms with van der Waals surface area (Å²) < 4.78 is 0. The van der Waals surface area contributed by atoms with Crippen LogP contribution in [0.3, 0.4) is 0 Å². The van der Waals surface area contributed by atoms with Crippen LogP contribution < -0.4 is 10.6 Å². The van der Waals surface area contributed by atoms with Crippen LogP contribution in [-0.2, 0) is 19.3 Å². The highest BCUT2D eigenvalue weighted by atomic mass is 32.1. The van der Waals surface area contributed by atoms with Gasteiger partial charge in [-0.15, -0.1) is 11.3 Å². The quantitative estimate of drug-likeness (QED) is 0.709. The van der Waals surface area contributed by atoms with Crippen molar-refractivity contribution in [1.29, 1.82) is 0 Å². The number of fused-ring (bicyclic) bond motifs is 3. The molecule has 1 atom stereocenters. The number of aromatic nitrogens is 4. The molecule has 5 rings (SSSR count). The molecule has 8 heteroatoms. The van der Waals surface area contributed by atoms with Gasteiger partial charge in [-0.3, -0.25) is 4.90 Å². The summed E-state index contributed by atoms with van der Waals surface area (Å²) in [7, 11) is 0. The highest BCUT2D eigenvalue weighted by molar-refractivity contribution is 7.19. The average molecular weight is 410 g/mol. The second-order valence-electron chi connectivity index (χ2n) is 8.18. The molecule has 1 fully saturated rings. The summed E-state index contributed by atoms with van der Waals surface area (Å²) in [5.41, 5.74) is 7.78. The topological polar surface area (TPSA) is 84.1 Å². The van der Waals surface area contributed by atoms with Crippen LogP contribution in [0.1, 0.15) is 29.6 Å². The van der Waals surface area contributed by atoms with Gasteiger partial charge in [0.05, 0.1) is 5.39 Å². The Hall–Kier alpha value is -2.32. The predicted molar refractivity (Wildman–Crippen MR) is 117 cm³/mol. The van der Waals surface area contributed by atoms with Gasteiger partial charge in [-0.05, 0) is 36.8 Å². The number of rotatable bonds is 4. The zero-order valence-electron chi connectivity index (χ0n) is 16.8. The zero-order chi connectivity index (χ0) is 19.8. The molecule has 0 bridgehead atoms. The largest absolute Gasteiger partial charge is 0.383 e. The molecule has 3 aromatic rings. The van der Waals surface area contributed by atoms with Gasteiger partial charge in [0.25, 0.3) is 0 Å². The van der Waals surface area contributed by atoms with Gasteiger partial charge in [-0.2, -0.15) is 0 Å². The minimum absolute atomic E-state index is 0.670. The molecule has 2 N–H and O–H groups in total.